The summed E-state index contributed by atoms with van der Waals surface area (Å²) in [6, 6.07) is 12.5. The average Bonchev–Trinajstić information content (AvgIpc) is 2.93. The van der Waals surface area contributed by atoms with Crippen LogP contribution in [-0.2, 0) is 26.2 Å². The number of fused-ring (bicyclic) bond motifs is 3. The predicted octanol–water partition coefficient (Wildman–Crippen LogP) is 4.40. The van der Waals surface area contributed by atoms with E-state index in [4.69, 9.17) is 0 Å². The maximum absolute atomic E-state index is 12.7. The zero-order chi connectivity index (χ0) is 18.5. The van der Waals surface area contributed by atoms with Gasteiger partial charge in [0.15, 0.2) is 0 Å². The monoisotopic (exact) mass is 358 g/mol. The molecule has 1 aliphatic rings. The first kappa shape index (κ1) is 16.7. The highest BCUT2D eigenvalue weighted by Gasteiger charge is 2.31. The number of carbonyl (C=O) groups is 1. The Morgan fingerprint density at radius 3 is 2.42 bits per heavy atom. The van der Waals surface area contributed by atoms with Crippen LogP contribution in [-0.4, -0.2) is 21.9 Å². The lowest BCUT2D eigenvalue weighted by atomic mass is 10.0. The number of aryl methyl sites for hydroxylation is 1. The molecule has 6 heteroatoms. The number of nitrogens with zero attached hydrogens (tertiary/aromatic N) is 2. The Morgan fingerprint density at radius 1 is 1.04 bits per heavy atom. The number of alkyl halides is 3. The quantitative estimate of drug-likeness (QED) is 0.633. The molecular weight excluding hydrogens is 341 g/mol. The minimum Gasteiger partial charge on any atom is -0.346 e. The molecule has 3 aromatic rings. The smallest absolute Gasteiger partial charge is 0.346 e. The molecule has 0 spiro atoms. The fraction of sp³-hybridized carbons (Fsp3) is 0.250. The molecule has 0 saturated heterocycles. The summed E-state index contributed by atoms with van der Waals surface area (Å²) in [4.78, 5) is 14.4. The molecule has 1 aromatic heterocycles. The summed E-state index contributed by atoms with van der Waals surface area (Å²) in [5.74, 6) is -0.241. The van der Waals surface area contributed by atoms with Gasteiger partial charge in [-0.1, -0.05) is 18.2 Å². The molecule has 0 aliphatic carbocycles. The zero-order valence-corrected chi connectivity index (χ0v) is 14.2. The Labute approximate surface area is 148 Å². The van der Waals surface area contributed by atoms with E-state index in [0.717, 1.165) is 29.8 Å². The van der Waals surface area contributed by atoms with Gasteiger partial charge in [0.2, 0.25) is 0 Å². The van der Waals surface area contributed by atoms with E-state index in [1.807, 2.05) is 19.2 Å². The Hall–Kier alpha value is -2.76. The number of aromatic nitrogens is 1. The van der Waals surface area contributed by atoms with Crippen LogP contribution in [0.2, 0.25) is 0 Å². The minimum absolute atomic E-state index is 0.241. The van der Waals surface area contributed by atoms with Gasteiger partial charge in [-0.2, -0.15) is 13.2 Å². The van der Waals surface area contributed by atoms with Gasteiger partial charge in [-0.15, -0.1) is 0 Å². The van der Waals surface area contributed by atoms with E-state index < -0.39 is 11.7 Å². The molecule has 0 fully saturated rings. The highest BCUT2D eigenvalue weighted by Crippen LogP contribution is 2.31. The van der Waals surface area contributed by atoms with Gasteiger partial charge in [-0.05, 0) is 42.3 Å². The van der Waals surface area contributed by atoms with Crippen LogP contribution >= 0.6 is 0 Å². The molecule has 0 bridgehead atoms. The molecule has 0 N–H and O–H groups in total. The molecule has 0 saturated carbocycles. The van der Waals surface area contributed by atoms with Crippen molar-refractivity contribution in [1.29, 1.82) is 0 Å². The number of amides is 1. The van der Waals surface area contributed by atoms with Crippen LogP contribution in [0.15, 0.2) is 48.5 Å². The SMILES string of the molecule is Cn1c2c(c3ccccc31)CCN(C(=O)c1ccc(C(F)(F)F)cc1)C2. The first-order valence-electron chi connectivity index (χ1n) is 8.38. The molecule has 0 radical (unpaired) electrons. The van der Waals surface area contributed by atoms with Crippen molar-refractivity contribution in [2.75, 3.05) is 6.54 Å². The molecule has 4 rings (SSSR count). The molecule has 26 heavy (non-hydrogen) atoms. The third-order valence-corrected chi connectivity index (χ3v) is 5.06. The van der Waals surface area contributed by atoms with Crippen molar-refractivity contribution in [2.24, 2.45) is 7.05 Å². The molecule has 2 heterocycles. The Morgan fingerprint density at radius 2 is 1.73 bits per heavy atom. The fourth-order valence-electron chi connectivity index (χ4n) is 3.67. The van der Waals surface area contributed by atoms with E-state index in [1.165, 1.54) is 23.1 Å². The van der Waals surface area contributed by atoms with Gasteiger partial charge in [-0.25, -0.2) is 0 Å². The summed E-state index contributed by atoms with van der Waals surface area (Å²) in [7, 11) is 1.98. The molecule has 0 atom stereocenters. The third kappa shape index (κ3) is 2.66. The summed E-state index contributed by atoms with van der Waals surface area (Å²) in [6.45, 7) is 1.02. The summed E-state index contributed by atoms with van der Waals surface area (Å²) in [6.07, 6.45) is -3.66. The van der Waals surface area contributed by atoms with Crippen LogP contribution in [0.3, 0.4) is 0 Å². The first-order valence-corrected chi connectivity index (χ1v) is 8.38. The van der Waals surface area contributed by atoms with Crippen LogP contribution in [0.5, 0.6) is 0 Å². The molecular formula is C20H17F3N2O. The van der Waals surface area contributed by atoms with Crippen LogP contribution in [0.1, 0.15) is 27.2 Å². The Kier molecular flexibility index (Phi) is 3.79. The summed E-state index contributed by atoms with van der Waals surface area (Å²) >= 11 is 0. The molecule has 1 aliphatic heterocycles. The van der Waals surface area contributed by atoms with E-state index in [0.29, 0.717) is 13.1 Å². The molecule has 1 amide bonds. The van der Waals surface area contributed by atoms with Gasteiger partial charge in [0.25, 0.3) is 5.91 Å². The second kappa shape index (κ2) is 5.90. The third-order valence-electron chi connectivity index (χ3n) is 5.06. The van der Waals surface area contributed by atoms with Crippen molar-refractivity contribution in [1.82, 2.24) is 9.47 Å². The normalized spacial score (nSPS) is 14.5. The van der Waals surface area contributed by atoms with Gasteiger partial charge in [0.1, 0.15) is 0 Å². The van der Waals surface area contributed by atoms with Gasteiger partial charge in [0.05, 0.1) is 12.1 Å². The fourth-order valence-corrected chi connectivity index (χ4v) is 3.67. The van der Waals surface area contributed by atoms with Crippen molar-refractivity contribution < 1.29 is 18.0 Å². The molecule has 0 unspecified atom stereocenters. The highest BCUT2D eigenvalue weighted by molar-refractivity contribution is 5.95. The lowest BCUT2D eigenvalue weighted by molar-refractivity contribution is -0.137. The highest BCUT2D eigenvalue weighted by atomic mass is 19.4. The van der Waals surface area contributed by atoms with Crippen molar-refractivity contribution in [3.8, 4) is 0 Å². The summed E-state index contributed by atoms with van der Waals surface area (Å²) in [5.41, 5.74) is 2.99. The van der Waals surface area contributed by atoms with E-state index >= 15 is 0 Å². The largest absolute Gasteiger partial charge is 0.416 e. The second-order valence-corrected chi connectivity index (χ2v) is 6.55. The maximum Gasteiger partial charge on any atom is 0.416 e. The van der Waals surface area contributed by atoms with E-state index in [9.17, 15) is 18.0 Å². The standard InChI is InChI=1S/C20H17F3N2O/c1-24-17-5-3-2-4-15(17)16-10-11-25(12-18(16)24)19(26)13-6-8-14(9-7-13)20(21,22)23/h2-9H,10-12H2,1H3. The van der Waals surface area contributed by atoms with Crippen LogP contribution in [0, 0.1) is 0 Å². The van der Waals surface area contributed by atoms with Crippen LogP contribution in [0.25, 0.3) is 10.9 Å². The lowest BCUT2D eigenvalue weighted by Crippen LogP contribution is -2.36. The predicted molar refractivity (Wildman–Crippen MR) is 92.8 cm³/mol. The van der Waals surface area contributed by atoms with Gasteiger partial charge >= 0.3 is 6.18 Å². The Bertz CT molecular complexity index is 987. The number of halogens is 3. The molecule has 3 nitrogen and oxygen atoms in total. The maximum atomic E-state index is 12.7. The van der Waals surface area contributed by atoms with Gasteiger partial charge in [0, 0.05) is 35.8 Å². The number of hydrogen-bond acceptors (Lipinski definition) is 1. The minimum atomic E-state index is -4.40. The average molecular weight is 358 g/mol. The number of para-hydroxylation sites is 1. The topological polar surface area (TPSA) is 25.2 Å². The van der Waals surface area contributed by atoms with Crippen LogP contribution < -0.4 is 0 Å². The second-order valence-electron chi connectivity index (χ2n) is 6.55. The summed E-state index contributed by atoms with van der Waals surface area (Å²) in [5, 5.41) is 1.20. The molecule has 134 valence electrons. The van der Waals surface area contributed by atoms with E-state index in [1.54, 1.807) is 4.90 Å². The van der Waals surface area contributed by atoms with Gasteiger partial charge in [-0.3, -0.25) is 4.79 Å². The van der Waals surface area contributed by atoms with Gasteiger partial charge < -0.3 is 9.47 Å². The van der Waals surface area contributed by atoms with Crippen molar-refractivity contribution in [3.05, 3.63) is 70.9 Å². The van der Waals surface area contributed by atoms with Crippen LogP contribution in [0.4, 0.5) is 13.2 Å². The number of carbonyl (C=O) groups excluding carboxylic acids is 1. The first-order chi connectivity index (χ1) is 12.4. The van der Waals surface area contributed by atoms with Crippen molar-refractivity contribution >= 4 is 16.8 Å². The van der Waals surface area contributed by atoms with E-state index in [-0.39, 0.29) is 11.5 Å². The number of hydrogen-bond donors (Lipinski definition) is 0. The van der Waals surface area contributed by atoms with E-state index in [2.05, 4.69) is 16.7 Å². The molecule has 2 aromatic carbocycles. The zero-order valence-electron chi connectivity index (χ0n) is 14.2. The van der Waals surface area contributed by atoms with Crippen molar-refractivity contribution in [3.63, 3.8) is 0 Å². The Balaban J connectivity index is 1.62. The number of rotatable bonds is 1. The van der Waals surface area contributed by atoms with Crippen molar-refractivity contribution in [2.45, 2.75) is 19.1 Å². The lowest BCUT2D eigenvalue weighted by Gasteiger charge is -2.28. The number of benzene rings is 2. The summed E-state index contributed by atoms with van der Waals surface area (Å²) < 4.78 is 40.2.